The van der Waals surface area contributed by atoms with Gasteiger partial charge in [0, 0.05) is 12.1 Å². The first-order valence-corrected chi connectivity index (χ1v) is 5.33. The van der Waals surface area contributed by atoms with E-state index in [0.717, 1.165) is 11.4 Å². The van der Waals surface area contributed by atoms with Crippen molar-refractivity contribution < 1.29 is 4.42 Å². The first-order chi connectivity index (χ1) is 7.66. The molecule has 4 heteroatoms. The van der Waals surface area contributed by atoms with Gasteiger partial charge in [0.2, 0.25) is 0 Å². The number of nitrogens with two attached hydrogens (primary N) is 1. The smallest absolute Gasteiger partial charge is 0.123 e. The van der Waals surface area contributed by atoms with E-state index in [1.807, 2.05) is 30.1 Å². The average Bonchev–Trinajstić information content (AvgIpc) is 2.74. The molecule has 0 spiro atoms. The van der Waals surface area contributed by atoms with Crippen LogP contribution in [0.15, 0.2) is 41.0 Å². The predicted molar refractivity (Wildman–Crippen MR) is 66.7 cm³/mol. The van der Waals surface area contributed by atoms with Crippen LogP contribution in [-0.2, 0) is 6.54 Å². The summed E-state index contributed by atoms with van der Waals surface area (Å²) in [6.45, 7) is 0.664. The fourth-order valence-electron chi connectivity index (χ4n) is 1.57. The van der Waals surface area contributed by atoms with Gasteiger partial charge in [-0.15, -0.1) is 0 Å². The zero-order valence-corrected chi connectivity index (χ0v) is 9.74. The van der Waals surface area contributed by atoms with Crippen molar-refractivity contribution in [2.24, 2.45) is 0 Å². The highest BCUT2D eigenvalue weighted by Crippen LogP contribution is 2.27. The molecule has 0 fully saturated rings. The van der Waals surface area contributed by atoms with E-state index < -0.39 is 0 Å². The highest BCUT2D eigenvalue weighted by atomic mass is 35.5. The fourth-order valence-corrected chi connectivity index (χ4v) is 1.74. The third kappa shape index (κ3) is 2.31. The molecule has 2 aromatic rings. The maximum atomic E-state index is 5.94. The molecule has 2 N–H and O–H groups in total. The maximum absolute atomic E-state index is 5.94. The van der Waals surface area contributed by atoms with Gasteiger partial charge >= 0.3 is 0 Å². The monoisotopic (exact) mass is 236 g/mol. The van der Waals surface area contributed by atoms with Gasteiger partial charge in [0.25, 0.3) is 0 Å². The van der Waals surface area contributed by atoms with Crippen LogP contribution >= 0.6 is 11.6 Å². The number of halogens is 1. The molecule has 0 atom stereocenters. The lowest BCUT2D eigenvalue weighted by molar-refractivity contribution is 0.507. The Balaban J connectivity index is 2.20. The summed E-state index contributed by atoms with van der Waals surface area (Å²) in [5.41, 5.74) is 7.50. The fraction of sp³-hybridized carbons (Fsp3) is 0.167. The second-order valence-electron chi connectivity index (χ2n) is 3.64. The number of nitrogen functional groups attached to an aromatic ring is 1. The summed E-state index contributed by atoms with van der Waals surface area (Å²) in [6, 6.07) is 9.22. The van der Waals surface area contributed by atoms with Gasteiger partial charge in [-0.05, 0) is 30.3 Å². The van der Waals surface area contributed by atoms with Crippen LogP contribution in [0.5, 0.6) is 0 Å². The molecule has 1 aromatic carbocycles. The molecule has 0 aliphatic heterocycles. The van der Waals surface area contributed by atoms with Crippen molar-refractivity contribution in [1.82, 2.24) is 0 Å². The third-order valence-corrected chi connectivity index (χ3v) is 2.61. The van der Waals surface area contributed by atoms with Gasteiger partial charge in [-0.25, -0.2) is 0 Å². The number of anilines is 2. The van der Waals surface area contributed by atoms with Crippen LogP contribution in [0.3, 0.4) is 0 Å². The normalized spacial score (nSPS) is 10.4. The van der Waals surface area contributed by atoms with E-state index in [1.165, 1.54) is 0 Å². The summed E-state index contributed by atoms with van der Waals surface area (Å²) in [4.78, 5) is 2.00. The minimum absolute atomic E-state index is 0.664. The lowest BCUT2D eigenvalue weighted by Gasteiger charge is -2.20. The van der Waals surface area contributed by atoms with Crippen LogP contribution in [0.4, 0.5) is 11.4 Å². The summed E-state index contributed by atoms with van der Waals surface area (Å²) in [5, 5.41) is 0.676. The molecule has 1 aromatic heterocycles. The molecule has 0 saturated carbocycles. The Kier molecular flexibility index (Phi) is 3.06. The molecule has 0 aliphatic rings. The van der Waals surface area contributed by atoms with E-state index in [9.17, 15) is 0 Å². The SMILES string of the molecule is CN(Cc1ccco1)c1cc(Cl)ccc1N. The molecular weight excluding hydrogens is 224 g/mol. The molecule has 0 radical (unpaired) electrons. The van der Waals surface area contributed by atoms with Crippen molar-refractivity contribution in [2.45, 2.75) is 6.54 Å². The highest BCUT2D eigenvalue weighted by molar-refractivity contribution is 6.31. The largest absolute Gasteiger partial charge is 0.467 e. The zero-order chi connectivity index (χ0) is 11.5. The van der Waals surface area contributed by atoms with Crippen molar-refractivity contribution in [1.29, 1.82) is 0 Å². The molecule has 0 aliphatic carbocycles. The molecule has 0 amide bonds. The predicted octanol–water partition coefficient (Wildman–Crippen LogP) is 3.15. The summed E-state index contributed by atoms with van der Waals surface area (Å²) < 4.78 is 5.28. The van der Waals surface area contributed by atoms with Crippen LogP contribution in [0.2, 0.25) is 5.02 Å². The number of benzene rings is 1. The van der Waals surface area contributed by atoms with Gasteiger partial charge in [0.1, 0.15) is 5.76 Å². The van der Waals surface area contributed by atoms with E-state index in [1.54, 1.807) is 18.4 Å². The molecule has 1 heterocycles. The van der Waals surface area contributed by atoms with Crippen molar-refractivity contribution in [3.8, 4) is 0 Å². The molecule has 84 valence electrons. The summed E-state index contributed by atoms with van der Waals surface area (Å²) in [6.07, 6.45) is 1.66. The second kappa shape index (κ2) is 4.49. The van der Waals surface area contributed by atoms with E-state index >= 15 is 0 Å². The van der Waals surface area contributed by atoms with E-state index in [4.69, 9.17) is 21.8 Å². The van der Waals surface area contributed by atoms with Crippen molar-refractivity contribution in [3.05, 3.63) is 47.4 Å². The maximum Gasteiger partial charge on any atom is 0.123 e. The van der Waals surface area contributed by atoms with Gasteiger partial charge in [-0.2, -0.15) is 0 Å². The third-order valence-electron chi connectivity index (χ3n) is 2.38. The number of rotatable bonds is 3. The molecule has 0 saturated heterocycles. The first-order valence-electron chi connectivity index (χ1n) is 4.95. The number of furan rings is 1. The summed E-state index contributed by atoms with van der Waals surface area (Å²) in [5.74, 6) is 0.891. The Morgan fingerprint density at radius 2 is 2.19 bits per heavy atom. The molecule has 0 unspecified atom stereocenters. The van der Waals surface area contributed by atoms with Gasteiger partial charge in [-0.3, -0.25) is 0 Å². The minimum Gasteiger partial charge on any atom is -0.467 e. The quantitative estimate of drug-likeness (QED) is 0.833. The molecule has 0 bridgehead atoms. The van der Waals surface area contributed by atoms with Crippen LogP contribution in [-0.4, -0.2) is 7.05 Å². The zero-order valence-electron chi connectivity index (χ0n) is 8.98. The highest BCUT2D eigenvalue weighted by Gasteiger charge is 2.07. The summed E-state index contributed by atoms with van der Waals surface area (Å²) >= 11 is 5.94. The lowest BCUT2D eigenvalue weighted by atomic mass is 10.2. The lowest BCUT2D eigenvalue weighted by Crippen LogP contribution is -2.17. The number of hydrogen-bond donors (Lipinski definition) is 1. The Morgan fingerprint density at radius 3 is 2.88 bits per heavy atom. The summed E-state index contributed by atoms with van der Waals surface area (Å²) in [7, 11) is 1.95. The Morgan fingerprint density at radius 1 is 1.38 bits per heavy atom. The van der Waals surface area contributed by atoms with Gasteiger partial charge in [-0.1, -0.05) is 11.6 Å². The van der Waals surface area contributed by atoms with Crippen LogP contribution in [0.25, 0.3) is 0 Å². The molecular formula is C12H13ClN2O. The van der Waals surface area contributed by atoms with Crippen molar-refractivity contribution >= 4 is 23.0 Å². The first kappa shape index (κ1) is 10.9. The van der Waals surface area contributed by atoms with Gasteiger partial charge < -0.3 is 15.1 Å². The van der Waals surface area contributed by atoms with Crippen molar-refractivity contribution in [3.63, 3.8) is 0 Å². The van der Waals surface area contributed by atoms with Crippen molar-refractivity contribution in [2.75, 3.05) is 17.7 Å². The standard InChI is InChI=1S/C12H13ClN2O/c1-15(8-10-3-2-6-16-10)12-7-9(13)4-5-11(12)14/h2-7H,8,14H2,1H3. The number of nitrogens with zero attached hydrogens (tertiary/aromatic N) is 1. The average molecular weight is 237 g/mol. The van der Waals surface area contributed by atoms with E-state index in [2.05, 4.69) is 0 Å². The minimum atomic E-state index is 0.664. The van der Waals surface area contributed by atoms with Gasteiger partial charge in [0.15, 0.2) is 0 Å². The Bertz CT molecular complexity index is 468. The Labute approximate surface area is 99.4 Å². The second-order valence-corrected chi connectivity index (χ2v) is 4.07. The molecule has 16 heavy (non-hydrogen) atoms. The topological polar surface area (TPSA) is 42.4 Å². The molecule has 3 nitrogen and oxygen atoms in total. The van der Waals surface area contributed by atoms with E-state index in [-0.39, 0.29) is 0 Å². The van der Waals surface area contributed by atoms with E-state index in [0.29, 0.717) is 17.3 Å². The van der Waals surface area contributed by atoms with Crippen LogP contribution in [0, 0.1) is 0 Å². The molecule has 2 rings (SSSR count). The van der Waals surface area contributed by atoms with Crippen LogP contribution < -0.4 is 10.6 Å². The van der Waals surface area contributed by atoms with Crippen LogP contribution in [0.1, 0.15) is 5.76 Å². The number of hydrogen-bond acceptors (Lipinski definition) is 3. The van der Waals surface area contributed by atoms with Gasteiger partial charge in [0.05, 0.1) is 24.2 Å². The Hall–Kier alpha value is -1.61.